The summed E-state index contributed by atoms with van der Waals surface area (Å²) in [6.45, 7) is 3.21. The molecule has 2 N–H and O–H groups in total. The SMILES string of the molecule is CCc1ccc(-c2ccc(=O)n(CC(=O)Nc3ccc(Cl)cc3)n2)cc1NC(C)=O. The molecule has 2 aromatic carbocycles. The van der Waals surface area contributed by atoms with Crippen LogP contribution < -0.4 is 16.2 Å². The summed E-state index contributed by atoms with van der Waals surface area (Å²) in [5.41, 5.74) is 3.11. The molecule has 0 unspecified atom stereocenters. The Kier molecular flexibility index (Phi) is 6.64. The summed E-state index contributed by atoms with van der Waals surface area (Å²) >= 11 is 5.84. The maximum Gasteiger partial charge on any atom is 0.267 e. The third-order valence-electron chi connectivity index (χ3n) is 4.39. The molecular formula is C22H21ClN4O3. The van der Waals surface area contributed by atoms with Gasteiger partial charge in [0, 0.05) is 35.0 Å². The van der Waals surface area contributed by atoms with Gasteiger partial charge in [0.05, 0.1) is 5.69 Å². The molecule has 0 bridgehead atoms. The predicted molar refractivity (Wildman–Crippen MR) is 118 cm³/mol. The first kappa shape index (κ1) is 21.3. The number of nitrogens with zero attached hydrogens (tertiary/aromatic N) is 2. The number of amides is 2. The molecule has 0 radical (unpaired) electrons. The van der Waals surface area contributed by atoms with Crippen LogP contribution in [0.4, 0.5) is 11.4 Å². The predicted octanol–water partition coefficient (Wildman–Crippen LogP) is 3.72. The van der Waals surface area contributed by atoms with Gasteiger partial charge in [-0.05, 0) is 48.4 Å². The summed E-state index contributed by atoms with van der Waals surface area (Å²) in [6.07, 6.45) is 0.758. The number of rotatable bonds is 6. The van der Waals surface area contributed by atoms with Gasteiger partial charge in [-0.15, -0.1) is 0 Å². The quantitative estimate of drug-likeness (QED) is 0.630. The maximum absolute atomic E-state index is 12.3. The van der Waals surface area contributed by atoms with Crippen LogP contribution in [-0.4, -0.2) is 21.6 Å². The topological polar surface area (TPSA) is 93.1 Å². The first-order valence-corrected chi connectivity index (χ1v) is 9.78. The Morgan fingerprint density at radius 1 is 1.03 bits per heavy atom. The van der Waals surface area contributed by atoms with Gasteiger partial charge in [-0.25, -0.2) is 4.68 Å². The highest BCUT2D eigenvalue weighted by Gasteiger charge is 2.11. The Morgan fingerprint density at radius 2 is 1.77 bits per heavy atom. The molecule has 30 heavy (non-hydrogen) atoms. The van der Waals surface area contributed by atoms with Crippen molar-refractivity contribution < 1.29 is 9.59 Å². The summed E-state index contributed by atoms with van der Waals surface area (Å²) in [4.78, 5) is 36.0. The third kappa shape index (κ3) is 5.33. The van der Waals surface area contributed by atoms with E-state index in [1.807, 2.05) is 25.1 Å². The molecule has 2 amide bonds. The number of benzene rings is 2. The Hall–Kier alpha value is -3.45. The van der Waals surface area contributed by atoms with E-state index in [1.54, 1.807) is 30.3 Å². The lowest BCUT2D eigenvalue weighted by Crippen LogP contribution is -2.29. The van der Waals surface area contributed by atoms with Gasteiger partial charge in [0.2, 0.25) is 11.8 Å². The fourth-order valence-corrected chi connectivity index (χ4v) is 3.06. The summed E-state index contributed by atoms with van der Waals surface area (Å²) in [7, 11) is 0. The molecule has 0 spiro atoms. The van der Waals surface area contributed by atoms with Crippen molar-refractivity contribution in [3.8, 4) is 11.3 Å². The second-order valence-electron chi connectivity index (χ2n) is 6.68. The van der Waals surface area contributed by atoms with E-state index in [0.29, 0.717) is 22.1 Å². The molecule has 0 aliphatic heterocycles. The van der Waals surface area contributed by atoms with Gasteiger partial charge in [-0.1, -0.05) is 30.7 Å². The van der Waals surface area contributed by atoms with E-state index in [1.165, 1.54) is 13.0 Å². The minimum absolute atomic E-state index is 0.168. The van der Waals surface area contributed by atoms with Crippen LogP contribution in [0.1, 0.15) is 19.4 Å². The minimum atomic E-state index is -0.391. The molecule has 3 aromatic rings. The van der Waals surface area contributed by atoms with E-state index >= 15 is 0 Å². The number of hydrogen-bond acceptors (Lipinski definition) is 4. The summed E-state index contributed by atoms with van der Waals surface area (Å²) in [5, 5.41) is 10.4. The molecule has 0 aliphatic carbocycles. The molecule has 0 fully saturated rings. The van der Waals surface area contributed by atoms with Crippen LogP contribution in [-0.2, 0) is 22.6 Å². The van der Waals surface area contributed by atoms with Gasteiger partial charge in [-0.3, -0.25) is 14.4 Å². The van der Waals surface area contributed by atoms with Gasteiger partial charge in [0.25, 0.3) is 5.56 Å². The molecule has 0 saturated carbocycles. The van der Waals surface area contributed by atoms with Crippen LogP contribution in [0.2, 0.25) is 5.02 Å². The van der Waals surface area contributed by atoms with Gasteiger partial charge in [0.1, 0.15) is 6.54 Å². The number of aryl methyl sites for hydroxylation is 1. The van der Waals surface area contributed by atoms with E-state index < -0.39 is 5.56 Å². The normalized spacial score (nSPS) is 10.5. The Balaban J connectivity index is 1.84. The van der Waals surface area contributed by atoms with E-state index in [-0.39, 0.29) is 18.4 Å². The largest absolute Gasteiger partial charge is 0.326 e. The van der Waals surface area contributed by atoms with Gasteiger partial charge in [-0.2, -0.15) is 5.10 Å². The first-order valence-electron chi connectivity index (χ1n) is 9.40. The van der Waals surface area contributed by atoms with Crippen molar-refractivity contribution in [1.82, 2.24) is 9.78 Å². The van der Waals surface area contributed by atoms with Gasteiger partial charge < -0.3 is 10.6 Å². The highest BCUT2D eigenvalue weighted by atomic mass is 35.5. The highest BCUT2D eigenvalue weighted by Crippen LogP contribution is 2.24. The lowest BCUT2D eigenvalue weighted by atomic mass is 10.0. The highest BCUT2D eigenvalue weighted by molar-refractivity contribution is 6.30. The van der Waals surface area contributed by atoms with E-state index in [2.05, 4.69) is 15.7 Å². The minimum Gasteiger partial charge on any atom is -0.326 e. The number of carbonyl (C=O) groups excluding carboxylic acids is 2. The van der Waals surface area contributed by atoms with Crippen LogP contribution >= 0.6 is 11.6 Å². The van der Waals surface area contributed by atoms with Crippen molar-refractivity contribution in [3.05, 3.63) is 75.5 Å². The average Bonchev–Trinajstić information content (AvgIpc) is 2.71. The number of anilines is 2. The number of hydrogen-bond donors (Lipinski definition) is 2. The van der Waals surface area contributed by atoms with E-state index in [9.17, 15) is 14.4 Å². The standard InChI is InChI=1S/C22H21ClN4O3/c1-3-15-4-5-16(12-20(15)24-14(2)28)19-10-11-22(30)27(26-19)13-21(29)25-18-8-6-17(23)7-9-18/h4-12H,3,13H2,1-2H3,(H,24,28)(H,25,29). The fraction of sp³-hybridized carbons (Fsp3) is 0.182. The molecule has 0 aliphatic rings. The number of carbonyl (C=O) groups is 2. The van der Waals surface area contributed by atoms with Gasteiger partial charge in [0.15, 0.2) is 0 Å². The lowest BCUT2D eigenvalue weighted by Gasteiger charge is -2.12. The van der Waals surface area contributed by atoms with Gasteiger partial charge >= 0.3 is 0 Å². The summed E-state index contributed by atoms with van der Waals surface area (Å²) in [5.74, 6) is -0.553. The molecule has 3 rings (SSSR count). The van der Waals surface area contributed by atoms with Crippen molar-refractivity contribution in [3.63, 3.8) is 0 Å². The second-order valence-corrected chi connectivity index (χ2v) is 7.11. The maximum atomic E-state index is 12.3. The van der Waals surface area contributed by atoms with Crippen molar-refractivity contribution in [2.75, 3.05) is 10.6 Å². The van der Waals surface area contributed by atoms with Crippen LogP contribution in [0.5, 0.6) is 0 Å². The zero-order valence-electron chi connectivity index (χ0n) is 16.6. The smallest absolute Gasteiger partial charge is 0.267 e. The molecule has 154 valence electrons. The number of nitrogens with one attached hydrogen (secondary N) is 2. The molecule has 7 nitrogen and oxygen atoms in total. The number of halogens is 1. The Morgan fingerprint density at radius 3 is 2.43 bits per heavy atom. The van der Waals surface area contributed by atoms with Crippen molar-refractivity contribution in [1.29, 1.82) is 0 Å². The molecule has 1 aromatic heterocycles. The van der Waals surface area contributed by atoms with Crippen molar-refractivity contribution in [2.45, 2.75) is 26.8 Å². The second kappa shape index (κ2) is 9.37. The molecule has 1 heterocycles. The Labute approximate surface area is 178 Å². The van der Waals surface area contributed by atoms with E-state index in [4.69, 9.17) is 11.6 Å². The molecule has 0 saturated heterocycles. The van der Waals surface area contributed by atoms with Crippen LogP contribution in [0.3, 0.4) is 0 Å². The molecule has 8 heteroatoms. The molecule has 0 atom stereocenters. The fourth-order valence-electron chi connectivity index (χ4n) is 2.94. The summed E-state index contributed by atoms with van der Waals surface area (Å²) in [6, 6.07) is 15.2. The van der Waals surface area contributed by atoms with Crippen LogP contribution in [0.25, 0.3) is 11.3 Å². The van der Waals surface area contributed by atoms with Crippen LogP contribution in [0, 0.1) is 0 Å². The van der Waals surface area contributed by atoms with Crippen molar-refractivity contribution >= 4 is 34.8 Å². The zero-order valence-corrected chi connectivity index (χ0v) is 17.4. The molecular weight excluding hydrogens is 404 g/mol. The van der Waals surface area contributed by atoms with E-state index in [0.717, 1.165) is 22.2 Å². The monoisotopic (exact) mass is 424 g/mol. The summed E-state index contributed by atoms with van der Waals surface area (Å²) < 4.78 is 1.10. The first-order chi connectivity index (χ1) is 14.4. The Bertz CT molecular complexity index is 1140. The zero-order chi connectivity index (χ0) is 21.7. The number of aromatic nitrogens is 2. The lowest BCUT2D eigenvalue weighted by molar-refractivity contribution is -0.117. The third-order valence-corrected chi connectivity index (χ3v) is 4.64. The van der Waals surface area contributed by atoms with Crippen molar-refractivity contribution in [2.24, 2.45) is 0 Å². The van der Waals surface area contributed by atoms with Crippen LogP contribution in [0.15, 0.2) is 59.4 Å². The average molecular weight is 425 g/mol.